The summed E-state index contributed by atoms with van der Waals surface area (Å²) < 4.78 is 0.990. The van der Waals surface area contributed by atoms with E-state index in [9.17, 15) is 5.11 Å². The van der Waals surface area contributed by atoms with E-state index in [0.29, 0.717) is 6.04 Å². The molecule has 102 valence electrons. The minimum Gasteiger partial charge on any atom is -0.389 e. The SMILES string of the molecule is CC(O)c1cc(Br)ccc1N(C)C(C)c1cccs1. The van der Waals surface area contributed by atoms with Crippen LogP contribution in [-0.2, 0) is 0 Å². The summed E-state index contributed by atoms with van der Waals surface area (Å²) in [6.45, 7) is 3.98. The molecule has 2 aromatic rings. The van der Waals surface area contributed by atoms with Gasteiger partial charge in [0.1, 0.15) is 0 Å². The molecule has 2 nitrogen and oxygen atoms in total. The van der Waals surface area contributed by atoms with Crippen LogP contribution in [0.4, 0.5) is 5.69 Å². The van der Waals surface area contributed by atoms with E-state index in [4.69, 9.17) is 0 Å². The molecular weight excluding hydrogens is 322 g/mol. The van der Waals surface area contributed by atoms with Crippen LogP contribution in [0.1, 0.15) is 36.4 Å². The Labute approximate surface area is 126 Å². The smallest absolute Gasteiger partial charge is 0.0782 e. The van der Waals surface area contributed by atoms with Gasteiger partial charge in [0.2, 0.25) is 0 Å². The highest BCUT2D eigenvalue weighted by Gasteiger charge is 2.18. The van der Waals surface area contributed by atoms with Crippen molar-refractivity contribution < 1.29 is 5.11 Å². The zero-order chi connectivity index (χ0) is 14.0. The Bertz CT molecular complexity index is 539. The molecule has 1 heterocycles. The van der Waals surface area contributed by atoms with E-state index in [1.54, 1.807) is 18.3 Å². The van der Waals surface area contributed by atoms with Crippen LogP contribution in [0.15, 0.2) is 40.2 Å². The molecule has 0 amide bonds. The van der Waals surface area contributed by atoms with Crippen LogP contribution in [0.5, 0.6) is 0 Å². The summed E-state index contributed by atoms with van der Waals surface area (Å²) in [5.41, 5.74) is 2.01. The van der Waals surface area contributed by atoms with E-state index in [1.165, 1.54) is 4.88 Å². The zero-order valence-corrected chi connectivity index (χ0v) is 13.7. The molecule has 19 heavy (non-hydrogen) atoms. The summed E-state index contributed by atoms with van der Waals surface area (Å²) in [5.74, 6) is 0. The summed E-state index contributed by atoms with van der Waals surface area (Å²) >= 11 is 5.22. The molecule has 0 aliphatic rings. The lowest BCUT2D eigenvalue weighted by Gasteiger charge is -2.29. The summed E-state index contributed by atoms with van der Waals surface area (Å²) in [6.07, 6.45) is -0.481. The van der Waals surface area contributed by atoms with Gasteiger partial charge in [0.05, 0.1) is 12.1 Å². The molecule has 2 unspecified atom stereocenters. The van der Waals surface area contributed by atoms with Crippen molar-refractivity contribution in [3.8, 4) is 0 Å². The molecule has 0 aliphatic heterocycles. The molecule has 2 rings (SSSR count). The number of aliphatic hydroxyl groups excluding tert-OH is 1. The van der Waals surface area contributed by atoms with Crippen LogP contribution in [-0.4, -0.2) is 12.2 Å². The Balaban J connectivity index is 2.35. The summed E-state index contributed by atoms with van der Waals surface area (Å²) in [4.78, 5) is 3.53. The molecule has 0 spiro atoms. The van der Waals surface area contributed by atoms with Crippen molar-refractivity contribution >= 4 is 33.0 Å². The van der Waals surface area contributed by atoms with E-state index in [0.717, 1.165) is 15.7 Å². The van der Waals surface area contributed by atoms with Gasteiger partial charge in [-0.15, -0.1) is 11.3 Å². The third-order valence-electron chi connectivity index (χ3n) is 3.36. The van der Waals surface area contributed by atoms with Crippen LogP contribution in [0.3, 0.4) is 0 Å². The number of aliphatic hydroxyl groups is 1. The first-order valence-electron chi connectivity index (χ1n) is 6.24. The molecule has 1 aromatic heterocycles. The monoisotopic (exact) mass is 339 g/mol. The highest BCUT2D eigenvalue weighted by molar-refractivity contribution is 9.10. The largest absolute Gasteiger partial charge is 0.389 e. The molecule has 1 aromatic carbocycles. The van der Waals surface area contributed by atoms with Crippen molar-refractivity contribution in [3.05, 3.63) is 50.6 Å². The maximum atomic E-state index is 9.95. The fourth-order valence-corrected chi connectivity index (χ4v) is 3.31. The Hall–Kier alpha value is -0.840. The lowest BCUT2D eigenvalue weighted by Crippen LogP contribution is -2.22. The van der Waals surface area contributed by atoms with Crippen LogP contribution in [0, 0.1) is 0 Å². The van der Waals surface area contributed by atoms with Gasteiger partial charge in [-0.05, 0) is 43.5 Å². The van der Waals surface area contributed by atoms with E-state index in [-0.39, 0.29) is 0 Å². The zero-order valence-electron chi connectivity index (χ0n) is 11.3. The average Bonchev–Trinajstić information content (AvgIpc) is 2.90. The molecular formula is C15H18BrNOS. The number of halogens is 1. The van der Waals surface area contributed by atoms with Gasteiger partial charge in [0.25, 0.3) is 0 Å². The summed E-state index contributed by atoms with van der Waals surface area (Å²) in [5, 5.41) is 12.0. The Morgan fingerprint density at radius 3 is 2.58 bits per heavy atom. The number of nitrogens with zero attached hydrogens (tertiary/aromatic N) is 1. The highest BCUT2D eigenvalue weighted by atomic mass is 79.9. The van der Waals surface area contributed by atoms with E-state index < -0.39 is 6.10 Å². The van der Waals surface area contributed by atoms with E-state index >= 15 is 0 Å². The number of hydrogen-bond donors (Lipinski definition) is 1. The predicted octanol–water partition coefficient (Wildman–Crippen LogP) is 4.76. The lowest BCUT2D eigenvalue weighted by atomic mass is 10.1. The fourth-order valence-electron chi connectivity index (χ4n) is 2.11. The third kappa shape index (κ3) is 3.19. The number of rotatable bonds is 4. The van der Waals surface area contributed by atoms with E-state index in [1.807, 2.05) is 12.1 Å². The van der Waals surface area contributed by atoms with Gasteiger partial charge in [-0.1, -0.05) is 22.0 Å². The molecule has 4 heteroatoms. The predicted molar refractivity (Wildman–Crippen MR) is 85.9 cm³/mol. The third-order valence-corrected chi connectivity index (χ3v) is 4.89. The Morgan fingerprint density at radius 1 is 1.26 bits per heavy atom. The maximum Gasteiger partial charge on any atom is 0.0782 e. The normalized spacial score (nSPS) is 14.2. The first-order chi connectivity index (χ1) is 9.00. The van der Waals surface area contributed by atoms with Crippen molar-refractivity contribution in [2.24, 2.45) is 0 Å². The maximum absolute atomic E-state index is 9.95. The van der Waals surface area contributed by atoms with Gasteiger partial charge in [-0.3, -0.25) is 0 Å². The minimum absolute atomic E-state index is 0.290. The van der Waals surface area contributed by atoms with Gasteiger partial charge < -0.3 is 10.0 Å². The van der Waals surface area contributed by atoms with Gasteiger partial charge >= 0.3 is 0 Å². The molecule has 1 N–H and O–H groups in total. The molecule has 0 radical (unpaired) electrons. The average molecular weight is 340 g/mol. The van der Waals surface area contributed by atoms with Crippen molar-refractivity contribution in [3.63, 3.8) is 0 Å². The van der Waals surface area contributed by atoms with E-state index in [2.05, 4.69) is 58.4 Å². The fraction of sp³-hybridized carbons (Fsp3) is 0.333. The Morgan fingerprint density at radius 2 is 2.00 bits per heavy atom. The quantitative estimate of drug-likeness (QED) is 0.867. The van der Waals surface area contributed by atoms with Gasteiger partial charge in [0.15, 0.2) is 0 Å². The van der Waals surface area contributed by atoms with Crippen molar-refractivity contribution in [2.75, 3.05) is 11.9 Å². The topological polar surface area (TPSA) is 23.5 Å². The number of anilines is 1. The molecule has 0 saturated heterocycles. The lowest BCUT2D eigenvalue weighted by molar-refractivity contribution is 0.199. The van der Waals surface area contributed by atoms with Crippen LogP contribution >= 0.6 is 27.3 Å². The summed E-state index contributed by atoms with van der Waals surface area (Å²) in [7, 11) is 2.07. The minimum atomic E-state index is -0.481. The molecule has 0 aliphatic carbocycles. The van der Waals surface area contributed by atoms with Crippen LogP contribution in [0.2, 0.25) is 0 Å². The van der Waals surface area contributed by atoms with Crippen molar-refractivity contribution in [1.29, 1.82) is 0 Å². The van der Waals surface area contributed by atoms with Gasteiger partial charge in [-0.2, -0.15) is 0 Å². The number of hydrogen-bond acceptors (Lipinski definition) is 3. The standard InChI is InChI=1S/C15H18BrNOS/c1-10(15-5-4-8-19-15)17(3)14-7-6-12(16)9-13(14)11(2)18/h4-11,18H,1-3H3. The number of benzene rings is 1. The first kappa shape index (κ1) is 14.6. The Kier molecular flexibility index (Phi) is 4.66. The van der Waals surface area contributed by atoms with Crippen LogP contribution < -0.4 is 4.90 Å². The second kappa shape index (κ2) is 6.07. The summed E-state index contributed by atoms with van der Waals surface area (Å²) in [6, 6.07) is 10.6. The van der Waals surface area contributed by atoms with Crippen LogP contribution in [0.25, 0.3) is 0 Å². The molecule has 2 atom stereocenters. The second-order valence-corrected chi connectivity index (χ2v) is 6.58. The molecule has 0 saturated carbocycles. The first-order valence-corrected chi connectivity index (χ1v) is 7.91. The van der Waals surface area contributed by atoms with Gasteiger partial charge in [-0.25, -0.2) is 0 Å². The van der Waals surface area contributed by atoms with Crippen molar-refractivity contribution in [1.82, 2.24) is 0 Å². The molecule has 0 bridgehead atoms. The number of thiophene rings is 1. The highest BCUT2D eigenvalue weighted by Crippen LogP contribution is 2.34. The molecule has 0 fully saturated rings. The van der Waals surface area contributed by atoms with Gasteiger partial charge in [0, 0.05) is 27.6 Å². The van der Waals surface area contributed by atoms with Crippen molar-refractivity contribution in [2.45, 2.75) is 26.0 Å². The second-order valence-electron chi connectivity index (χ2n) is 4.68.